The first-order valence-electron chi connectivity index (χ1n) is 8.23. The molecule has 0 bridgehead atoms. The van der Waals surface area contributed by atoms with Crippen LogP contribution in [0.2, 0.25) is 5.02 Å². The van der Waals surface area contributed by atoms with Gasteiger partial charge >= 0.3 is 0 Å². The molecule has 0 spiro atoms. The Bertz CT molecular complexity index is 889. The Kier molecular flexibility index (Phi) is 5.69. The van der Waals surface area contributed by atoms with E-state index < -0.39 is 0 Å². The molecule has 6 heteroatoms. The molecule has 1 N–H and O–H groups in total. The Labute approximate surface area is 162 Å². The molecule has 0 aliphatic carbocycles. The third-order valence-electron chi connectivity index (χ3n) is 3.58. The lowest BCUT2D eigenvalue weighted by Crippen LogP contribution is -2.19. The molecule has 1 fully saturated rings. The largest absolute Gasteiger partial charge is 0.491 e. The first kappa shape index (κ1) is 18.5. The minimum Gasteiger partial charge on any atom is -0.491 e. The van der Waals surface area contributed by atoms with Gasteiger partial charge in [-0.05, 0) is 80.1 Å². The second kappa shape index (κ2) is 7.98. The van der Waals surface area contributed by atoms with Crippen molar-refractivity contribution in [2.75, 3.05) is 0 Å². The summed E-state index contributed by atoms with van der Waals surface area (Å²) in [6, 6.07) is 13.1. The van der Waals surface area contributed by atoms with Crippen molar-refractivity contribution >= 4 is 46.2 Å². The molecule has 134 valence electrons. The van der Waals surface area contributed by atoms with E-state index in [2.05, 4.69) is 10.3 Å². The number of carbonyl (C=O) groups excluding carboxylic acids is 1. The lowest BCUT2D eigenvalue weighted by molar-refractivity contribution is -0.115. The van der Waals surface area contributed by atoms with E-state index in [1.54, 1.807) is 6.07 Å². The number of aryl methyl sites for hydroxylation is 1. The average molecular weight is 387 g/mol. The van der Waals surface area contributed by atoms with Gasteiger partial charge in [-0.1, -0.05) is 23.7 Å². The van der Waals surface area contributed by atoms with E-state index in [4.69, 9.17) is 16.3 Å². The monoisotopic (exact) mass is 386 g/mol. The topological polar surface area (TPSA) is 50.7 Å². The first-order valence-corrected chi connectivity index (χ1v) is 9.42. The maximum Gasteiger partial charge on any atom is 0.264 e. The molecule has 1 aliphatic heterocycles. The van der Waals surface area contributed by atoms with Crippen LogP contribution >= 0.6 is 23.4 Å². The zero-order valence-electron chi connectivity index (χ0n) is 14.7. The van der Waals surface area contributed by atoms with Gasteiger partial charge in [-0.2, -0.15) is 0 Å². The SMILES string of the molecule is Cc1cc(Cl)ccc1N=C1NC(=O)/C(=C/c2ccc(OC(C)C)cc2)S1. The van der Waals surface area contributed by atoms with Crippen LogP contribution in [0.3, 0.4) is 0 Å². The highest BCUT2D eigenvalue weighted by Crippen LogP contribution is 2.30. The summed E-state index contributed by atoms with van der Waals surface area (Å²) in [5.41, 5.74) is 2.68. The lowest BCUT2D eigenvalue weighted by Gasteiger charge is -2.09. The molecule has 1 heterocycles. The summed E-state index contributed by atoms with van der Waals surface area (Å²) < 4.78 is 5.63. The number of carbonyl (C=O) groups is 1. The summed E-state index contributed by atoms with van der Waals surface area (Å²) in [4.78, 5) is 17.3. The second-order valence-electron chi connectivity index (χ2n) is 6.15. The number of halogens is 1. The quantitative estimate of drug-likeness (QED) is 0.723. The molecule has 1 aliphatic rings. The minimum atomic E-state index is -0.150. The van der Waals surface area contributed by atoms with Gasteiger partial charge in [0.05, 0.1) is 16.7 Å². The van der Waals surface area contributed by atoms with Crippen LogP contribution in [0, 0.1) is 6.92 Å². The molecule has 0 aromatic heterocycles. The van der Waals surface area contributed by atoms with Crippen molar-refractivity contribution in [3.63, 3.8) is 0 Å². The van der Waals surface area contributed by atoms with Crippen molar-refractivity contribution in [1.29, 1.82) is 0 Å². The van der Waals surface area contributed by atoms with Crippen LogP contribution in [-0.2, 0) is 4.79 Å². The van der Waals surface area contributed by atoms with E-state index in [0.717, 1.165) is 22.6 Å². The number of nitrogens with one attached hydrogen (secondary N) is 1. The normalized spacial score (nSPS) is 17.2. The summed E-state index contributed by atoms with van der Waals surface area (Å²) in [7, 11) is 0. The summed E-state index contributed by atoms with van der Waals surface area (Å²) in [5, 5.41) is 4.03. The van der Waals surface area contributed by atoms with E-state index in [9.17, 15) is 4.79 Å². The summed E-state index contributed by atoms with van der Waals surface area (Å²) in [6.07, 6.45) is 1.97. The number of thioether (sulfide) groups is 1. The Morgan fingerprint density at radius 3 is 2.58 bits per heavy atom. The molecule has 1 saturated heterocycles. The van der Waals surface area contributed by atoms with Crippen molar-refractivity contribution in [2.45, 2.75) is 26.9 Å². The van der Waals surface area contributed by atoms with Crippen LogP contribution in [0.4, 0.5) is 5.69 Å². The summed E-state index contributed by atoms with van der Waals surface area (Å²) in [6.45, 7) is 5.90. The third kappa shape index (κ3) is 4.68. The van der Waals surface area contributed by atoms with Crippen molar-refractivity contribution in [1.82, 2.24) is 5.32 Å². The van der Waals surface area contributed by atoms with Gasteiger partial charge in [-0.3, -0.25) is 4.79 Å². The molecule has 0 unspecified atom stereocenters. The fourth-order valence-corrected chi connectivity index (χ4v) is 3.46. The lowest BCUT2D eigenvalue weighted by atomic mass is 10.2. The van der Waals surface area contributed by atoms with Crippen molar-refractivity contribution in [3.8, 4) is 5.75 Å². The Balaban J connectivity index is 1.76. The average Bonchev–Trinajstić information content (AvgIpc) is 2.91. The van der Waals surface area contributed by atoms with Crippen molar-refractivity contribution < 1.29 is 9.53 Å². The zero-order valence-corrected chi connectivity index (χ0v) is 16.3. The molecule has 0 atom stereocenters. The molecule has 3 rings (SSSR count). The van der Waals surface area contributed by atoms with Gasteiger partial charge in [0, 0.05) is 5.02 Å². The van der Waals surface area contributed by atoms with Gasteiger partial charge in [0.15, 0.2) is 5.17 Å². The van der Waals surface area contributed by atoms with Crippen molar-refractivity contribution in [2.24, 2.45) is 4.99 Å². The Morgan fingerprint density at radius 2 is 1.92 bits per heavy atom. The zero-order chi connectivity index (χ0) is 18.7. The molecule has 0 saturated carbocycles. The maximum atomic E-state index is 12.2. The van der Waals surface area contributed by atoms with Gasteiger partial charge in [0.1, 0.15) is 5.75 Å². The fraction of sp³-hybridized carbons (Fsp3) is 0.200. The maximum absolute atomic E-state index is 12.2. The smallest absolute Gasteiger partial charge is 0.264 e. The number of hydrogen-bond donors (Lipinski definition) is 1. The van der Waals surface area contributed by atoms with Crippen LogP contribution in [0.1, 0.15) is 25.0 Å². The molecule has 4 nitrogen and oxygen atoms in total. The van der Waals surface area contributed by atoms with E-state index in [1.807, 2.05) is 63.2 Å². The van der Waals surface area contributed by atoms with Crippen LogP contribution in [0.25, 0.3) is 6.08 Å². The number of aliphatic imine (C=N–C) groups is 1. The summed E-state index contributed by atoms with van der Waals surface area (Å²) >= 11 is 7.29. The van der Waals surface area contributed by atoms with E-state index in [0.29, 0.717) is 15.1 Å². The predicted molar refractivity (Wildman–Crippen MR) is 109 cm³/mol. The van der Waals surface area contributed by atoms with E-state index in [-0.39, 0.29) is 12.0 Å². The Hall–Kier alpha value is -2.24. The van der Waals surface area contributed by atoms with Gasteiger partial charge < -0.3 is 10.1 Å². The Morgan fingerprint density at radius 1 is 1.19 bits per heavy atom. The highest BCUT2D eigenvalue weighted by atomic mass is 35.5. The van der Waals surface area contributed by atoms with E-state index in [1.165, 1.54) is 11.8 Å². The molecule has 2 aromatic rings. The van der Waals surface area contributed by atoms with Crippen LogP contribution in [-0.4, -0.2) is 17.2 Å². The summed E-state index contributed by atoms with van der Waals surface area (Å²) in [5.74, 6) is 0.661. The van der Waals surface area contributed by atoms with Gasteiger partial charge in [0.2, 0.25) is 0 Å². The van der Waals surface area contributed by atoms with Gasteiger partial charge in [-0.25, -0.2) is 4.99 Å². The number of nitrogens with zero attached hydrogens (tertiary/aromatic N) is 1. The number of ether oxygens (including phenoxy) is 1. The van der Waals surface area contributed by atoms with Gasteiger partial charge in [0.25, 0.3) is 5.91 Å². The highest BCUT2D eigenvalue weighted by Gasteiger charge is 2.24. The number of hydrogen-bond acceptors (Lipinski definition) is 4. The van der Waals surface area contributed by atoms with Gasteiger partial charge in [-0.15, -0.1) is 0 Å². The fourth-order valence-electron chi connectivity index (χ4n) is 2.40. The molecule has 26 heavy (non-hydrogen) atoms. The molecule has 1 amide bonds. The molecular formula is C20H19ClN2O2S. The number of amidine groups is 1. The second-order valence-corrected chi connectivity index (χ2v) is 7.62. The number of rotatable bonds is 4. The highest BCUT2D eigenvalue weighted by molar-refractivity contribution is 8.18. The van der Waals surface area contributed by atoms with Crippen molar-refractivity contribution in [3.05, 3.63) is 63.5 Å². The number of benzene rings is 2. The third-order valence-corrected chi connectivity index (χ3v) is 4.73. The van der Waals surface area contributed by atoms with E-state index >= 15 is 0 Å². The molecular weight excluding hydrogens is 368 g/mol. The van der Waals surface area contributed by atoms with Crippen LogP contribution in [0.5, 0.6) is 5.75 Å². The standard InChI is InChI=1S/C20H19ClN2O2S/c1-12(2)25-16-7-4-14(5-8-16)11-18-19(24)23-20(26-18)22-17-9-6-15(21)10-13(17)3/h4-12H,1-3H3,(H,22,23,24)/b18-11-. The minimum absolute atomic E-state index is 0.130. The molecule has 2 aromatic carbocycles. The predicted octanol–water partition coefficient (Wildman–Crippen LogP) is 5.33. The van der Waals surface area contributed by atoms with Crippen LogP contribution < -0.4 is 10.1 Å². The first-order chi connectivity index (χ1) is 12.4. The number of amides is 1. The van der Waals surface area contributed by atoms with Crippen LogP contribution in [0.15, 0.2) is 52.4 Å². The molecule has 0 radical (unpaired) electrons.